The molecule has 0 aliphatic carbocycles. The van der Waals surface area contributed by atoms with Gasteiger partial charge in [-0.15, -0.1) is 0 Å². The molecule has 5 nitrogen and oxygen atoms in total. The van der Waals surface area contributed by atoms with Gasteiger partial charge >= 0.3 is 0 Å². The summed E-state index contributed by atoms with van der Waals surface area (Å²) in [6.45, 7) is 1.74. The molecule has 6 heteroatoms. The van der Waals surface area contributed by atoms with E-state index in [-0.39, 0.29) is 5.56 Å². The van der Waals surface area contributed by atoms with Crippen LogP contribution in [0.25, 0.3) is 5.65 Å². The zero-order chi connectivity index (χ0) is 15.7. The number of aromatic nitrogens is 2. The highest BCUT2D eigenvalue weighted by Crippen LogP contribution is 2.16. The lowest BCUT2D eigenvalue weighted by molar-refractivity contribution is 0.102. The molecule has 0 saturated carbocycles. The number of hydrogen-bond acceptors (Lipinski definition) is 3. The van der Waals surface area contributed by atoms with Gasteiger partial charge in [0, 0.05) is 18.1 Å². The van der Waals surface area contributed by atoms with Gasteiger partial charge in [0.25, 0.3) is 11.5 Å². The molecule has 0 saturated heterocycles. The summed E-state index contributed by atoms with van der Waals surface area (Å²) in [6.07, 6.45) is 2.76. The zero-order valence-corrected chi connectivity index (χ0v) is 11.7. The SMILES string of the molecule is Cc1ccc(F)cc1NC(=O)c1cnc2ccccn2c1=O. The minimum atomic E-state index is -0.621. The summed E-state index contributed by atoms with van der Waals surface area (Å²) in [4.78, 5) is 28.6. The minimum Gasteiger partial charge on any atom is -0.321 e. The maximum absolute atomic E-state index is 13.3. The van der Waals surface area contributed by atoms with Crippen molar-refractivity contribution in [1.82, 2.24) is 9.38 Å². The second kappa shape index (κ2) is 5.40. The Kier molecular flexibility index (Phi) is 3.42. The van der Waals surface area contributed by atoms with Gasteiger partial charge in [0.1, 0.15) is 17.0 Å². The van der Waals surface area contributed by atoms with Gasteiger partial charge in [-0.3, -0.25) is 14.0 Å². The fourth-order valence-corrected chi connectivity index (χ4v) is 2.10. The molecule has 2 aromatic heterocycles. The summed E-state index contributed by atoms with van der Waals surface area (Å²) in [6, 6.07) is 9.15. The molecular formula is C16H12FN3O2. The van der Waals surface area contributed by atoms with Crippen LogP contribution in [0.3, 0.4) is 0 Å². The molecule has 0 atom stereocenters. The van der Waals surface area contributed by atoms with Crippen molar-refractivity contribution in [3.05, 3.63) is 76.1 Å². The second-order valence-electron chi connectivity index (χ2n) is 4.82. The molecule has 0 radical (unpaired) electrons. The van der Waals surface area contributed by atoms with Gasteiger partial charge in [0.15, 0.2) is 0 Å². The number of carbonyl (C=O) groups is 1. The number of fused-ring (bicyclic) bond motifs is 1. The van der Waals surface area contributed by atoms with Crippen LogP contribution in [0.5, 0.6) is 0 Å². The summed E-state index contributed by atoms with van der Waals surface area (Å²) in [7, 11) is 0. The molecule has 110 valence electrons. The van der Waals surface area contributed by atoms with Crippen molar-refractivity contribution >= 4 is 17.2 Å². The van der Waals surface area contributed by atoms with Crippen molar-refractivity contribution in [2.45, 2.75) is 6.92 Å². The van der Waals surface area contributed by atoms with Crippen molar-refractivity contribution < 1.29 is 9.18 Å². The first-order valence-electron chi connectivity index (χ1n) is 6.60. The van der Waals surface area contributed by atoms with Gasteiger partial charge in [0.2, 0.25) is 0 Å². The summed E-state index contributed by atoms with van der Waals surface area (Å²) in [5.41, 5.74) is 0.890. The lowest BCUT2D eigenvalue weighted by Crippen LogP contribution is -2.26. The summed E-state index contributed by atoms with van der Waals surface area (Å²) in [5.74, 6) is -1.08. The monoisotopic (exact) mass is 297 g/mol. The molecule has 0 unspecified atom stereocenters. The highest BCUT2D eigenvalue weighted by Gasteiger charge is 2.14. The Balaban J connectivity index is 2.01. The van der Waals surface area contributed by atoms with E-state index in [1.54, 1.807) is 31.2 Å². The van der Waals surface area contributed by atoms with E-state index in [2.05, 4.69) is 10.3 Å². The minimum absolute atomic E-state index is 0.104. The molecule has 1 amide bonds. The van der Waals surface area contributed by atoms with Crippen molar-refractivity contribution in [3.63, 3.8) is 0 Å². The predicted molar refractivity (Wildman–Crippen MR) is 80.6 cm³/mol. The lowest BCUT2D eigenvalue weighted by atomic mass is 10.2. The molecule has 22 heavy (non-hydrogen) atoms. The van der Waals surface area contributed by atoms with Crippen molar-refractivity contribution in [3.8, 4) is 0 Å². The van der Waals surface area contributed by atoms with Gasteiger partial charge in [-0.1, -0.05) is 12.1 Å². The van der Waals surface area contributed by atoms with Crippen LogP contribution in [-0.2, 0) is 0 Å². The Morgan fingerprint density at radius 2 is 2.09 bits per heavy atom. The van der Waals surface area contributed by atoms with Crippen LogP contribution in [0, 0.1) is 12.7 Å². The fourth-order valence-electron chi connectivity index (χ4n) is 2.10. The second-order valence-corrected chi connectivity index (χ2v) is 4.82. The van der Waals surface area contributed by atoms with Crippen LogP contribution in [0.4, 0.5) is 10.1 Å². The van der Waals surface area contributed by atoms with E-state index in [1.165, 1.54) is 28.9 Å². The number of pyridine rings is 1. The van der Waals surface area contributed by atoms with E-state index in [1.807, 2.05) is 0 Å². The van der Waals surface area contributed by atoms with Gasteiger partial charge in [0.05, 0.1) is 0 Å². The molecule has 1 N–H and O–H groups in total. The number of rotatable bonds is 2. The largest absolute Gasteiger partial charge is 0.321 e. The fraction of sp³-hybridized carbons (Fsp3) is 0.0625. The van der Waals surface area contributed by atoms with Crippen molar-refractivity contribution in [1.29, 1.82) is 0 Å². The normalized spacial score (nSPS) is 10.6. The third kappa shape index (κ3) is 2.46. The van der Waals surface area contributed by atoms with Crippen LogP contribution in [-0.4, -0.2) is 15.3 Å². The van der Waals surface area contributed by atoms with Crippen LogP contribution < -0.4 is 10.9 Å². The van der Waals surface area contributed by atoms with Gasteiger partial charge in [-0.05, 0) is 36.8 Å². The van der Waals surface area contributed by atoms with E-state index >= 15 is 0 Å². The number of aryl methyl sites for hydroxylation is 1. The average molecular weight is 297 g/mol. The molecular weight excluding hydrogens is 285 g/mol. The Hall–Kier alpha value is -3.02. The number of carbonyl (C=O) groups excluding carboxylic acids is 1. The highest BCUT2D eigenvalue weighted by atomic mass is 19.1. The third-order valence-corrected chi connectivity index (χ3v) is 3.31. The molecule has 1 aromatic carbocycles. The number of benzene rings is 1. The zero-order valence-electron chi connectivity index (χ0n) is 11.7. The first kappa shape index (κ1) is 13.9. The van der Waals surface area contributed by atoms with Gasteiger partial charge < -0.3 is 5.32 Å². The molecule has 2 heterocycles. The molecule has 0 aliphatic heterocycles. The molecule has 0 fully saturated rings. The predicted octanol–water partition coefficient (Wildman–Crippen LogP) is 2.39. The third-order valence-electron chi connectivity index (χ3n) is 3.31. The number of nitrogens with one attached hydrogen (secondary N) is 1. The summed E-state index contributed by atoms with van der Waals surface area (Å²) < 4.78 is 14.5. The van der Waals surface area contributed by atoms with E-state index in [0.717, 1.165) is 0 Å². The summed E-state index contributed by atoms with van der Waals surface area (Å²) in [5, 5.41) is 2.54. The number of halogens is 1. The number of nitrogens with zero attached hydrogens (tertiary/aromatic N) is 2. The molecule has 0 bridgehead atoms. The molecule has 0 spiro atoms. The standard InChI is InChI=1S/C16H12FN3O2/c1-10-5-6-11(17)8-13(10)19-15(21)12-9-18-14-4-2-3-7-20(14)16(12)22/h2-9H,1H3,(H,19,21). The quantitative estimate of drug-likeness (QED) is 0.790. The summed E-state index contributed by atoms with van der Waals surface area (Å²) >= 11 is 0. The van der Waals surface area contributed by atoms with Crippen LogP contribution >= 0.6 is 0 Å². The van der Waals surface area contributed by atoms with E-state index in [0.29, 0.717) is 16.9 Å². The first-order chi connectivity index (χ1) is 10.6. The van der Waals surface area contributed by atoms with Gasteiger partial charge in [-0.25, -0.2) is 9.37 Å². The Morgan fingerprint density at radius 3 is 2.91 bits per heavy atom. The Morgan fingerprint density at radius 1 is 1.27 bits per heavy atom. The lowest BCUT2D eigenvalue weighted by Gasteiger charge is -2.08. The van der Waals surface area contributed by atoms with E-state index in [9.17, 15) is 14.0 Å². The molecule has 0 aliphatic rings. The van der Waals surface area contributed by atoms with Crippen molar-refractivity contribution in [2.75, 3.05) is 5.32 Å². The number of anilines is 1. The topological polar surface area (TPSA) is 63.5 Å². The smallest absolute Gasteiger partial charge is 0.270 e. The van der Waals surface area contributed by atoms with Crippen LogP contribution in [0.15, 0.2) is 53.6 Å². The van der Waals surface area contributed by atoms with E-state index in [4.69, 9.17) is 0 Å². The maximum atomic E-state index is 13.3. The first-order valence-corrected chi connectivity index (χ1v) is 6.60. The average Bonchev–Trinajstić information content (AvgIpc) is 2.51. The van der Waals surface area contributed by atoms with Gasteiger partial charge in [-0.2, -0.15) is 0 Å². The molecule has 3 rings (SSSR count). The Bertz CT molecular complexity index is 934. The number of amides is 1. The van der Waals surface area contributed by atoms with Crippen LogP contribution in [0.1, 0.15) is 15.9 Å². The highest BCUT2D eigenvalue weighted by molar-refractivity contribution is 6.04. The number of hydrogen-bond donors (Lipinski definition) is 1. The molecule has 3 aromatic rings. The van der Waals surface area contributed by atoms with E-state index < -0.39 is 17.3 Å². The van der Waals surface area contributed by atoms with Crippen LogP contribution in [0.2, 0.25) is 0 Å². The maximum Gasteiger partial charge on any atom is 0.270 e. The van der Waals surface area contributed by atoms with Crippen molar-refractivity contribution in [2.24, 2.45) is 0 Å². The Labute approximate surface area is 125 Å².